The predicted molar refractivity (Wildman–Crippen MR) is 110 cm³/mol. The summed E-state index contributed by atoms with van der Waals surface area (Å²) in [4.78, 5) is 29.0. The summed E-state index contributed by atoms with van der Waals surface area (Å²) in [5.41, 5.74) is 3.05. The fourth-order valence-corrected chi connectivity index (χ4v) is 3.79. The highest BCUT2D eigenvalue weighted by Gasteiger charge is 2.38. The van der Waals surface area contributed by atoms with Gasteiger partial charge in [0.2, 0.25) is 5.91 Å². The van der Waals surface area contributed by atoms with E-state index in [9.17, 15) is 22.8 Å². The first-order valence-corrected chi connectivity index (χ1v) is 10.4. The number of carbonyl (C=O) groups excluding carboxylic acids is 1. The first kappa shape index (κ1) is 23.6. The Hall–Kier alpha value is -3.10. The normalized spacial score (nSPS) is 16.4. The third-order valence-corrected chi connectivity index (χ3v) is 5.31. The van der Waals surface area contributed by atoms with Gasteiger partial charge < -0.3 is 14.7 Å². The Labute approximate surface area is 184 Å². The van der Waals surface area contributed by atoms with Crippen LogP contribution in [0, 0.1) is 5.92 Å². The molecular formula is C23H25F3N2O4. The summed E-state index contributed by atoms with van der Waals surface area (Å²) in [5.74, 6) is -2.59. The van der Waals surface area contributed by atoms with E-state index in [4.69, 9.17) is 9.84 Å². The van der Waals surface area contributed by atoms with Crippen LogP contribution in [0.5, 0.6) is 5.75 Å². The summed E-state index contributed by atoms with van der Waals surface area (Å²) in [7, 11) is 0. The maximum Gasteiger partial charge on any atom is 0.406 e. The van der Waals surface area contributed by atoms with E-state index in [-0.39, 0.29) is 13.0 Å². The van der Waals surface area contributed by atoms with Crippen molar-refractivity contribution in [3.05, 3.63) is 58.9 Å². The van der Waals surface area contributed by atoms with Crippen LogP contribution in [0.15, 0.2) is 36.4 Å². The number of pyridine rings is 1. The Morgan fingerprint density at radius 1 is 1.22 bits per heavy atom. The second kappa shape index (κ2) is 10.0. The second-order valence-electron chi connectivity index (χ2n) is 7.81. The quantitative estimate of drug-likeness (QED) is 0.662. The molecule has 0 unspecified atom stereocenters. The topological polar surface area (TPSA) is 79.7 Å². The summed E-state index contributed by atoms with van der Waals surface area (Å²) in [6, 6.07) is 10.8. The Balaban J connectivity index is 1.75. The fourth-order valence-electron chi connectivity index (χ4n) is 3.79. The smallest absolute Gasteiger partial charge is 0.406 e. The molecule has 32 heavy (non-hydrogen) atoms. The van der Waals surface area contributed by atoms with E-state index in [0.29, 0.717) is 34.8 Å². The summed E-state index contributed by atoms with van der Waals surface area (Å²) in [6.45, 7) is 0.685. The van der Waals surface area contributed by atoms with Gasteiger partial charge in [-0.25, -0.2) is 0 Å². The number of amides is 1. The predicted octanol–water partition coefficient (Wildman–Crippen LogP) is 3.80. The van der Waals surface area contributed by atoms with Crippen molar-refractivity contribution in [1.82, 2.24) is 9.88 Å². The Morgan fingerprint density at radius 2 is 1.97 bits per heavy atom. The number of rotatable bonds is 8. The standard InChI is InChI=1S/C23H25F3N2O4/c1-2-18-4-3-5-19(27-18)8-9-32-20-7-6-15-10-16(12-21(29)30)22(31)28(13-17(15)11-20)14-23(24,25)26/h3-7,11,16H,2,8-10,12-14H2,1H3,(H,29,30)/t16-/m0/s1. The molecule has 0 spiro atoms. The number of carbonyl (C=O) groups is 2. The van der Waals surface area contributed by atoms with E-state index in [1.54, 1.807) is 18.2 Å². The molecule has 0 fully saturated rings. The summed E-state index contributed by atoms with van der Waals surface area (Å²) in [5, 5.41) is 9.09. The molecule has 1 aromatic carbocycles. The van der Waals surface area contributed by atoms with Gasteiger partial charge in [0.1, 0.15) is 12.3 Å². The molecule has 2 heterocycles. The average molecular weight is 450 g/mol. The third-order valence-electron chi connectivity index (χ3n) is 5.31. The molecular weight excluding hydrogens is 425 g/mol. The summed E-state index contributed by atoms with van der Waals surface area (Å²) in [6.07, 6.45) is -3.63. The fraction of sp³-hybridized carbons (Fsp3) is 0.435. The van der Waals surface area contributed by atoms with Crippen LogP contribution in [0.2, 0.25) is 0 Å². The molecule has 1 amide bonds. The number of aromatic nitrogens is 1. The highest BCUT2D eigenvalue weighted by atomic mass is 19.4. The molecule has 0 radical (unpaired) electrons. The maximum atomic E-state index is 13.0. The molecule has 0 aliphatic carbocycles. The number of fused-ring (bicyclic) bond motifs is 1. The lowest BCUT2D eigenvalue weighted by Gasteiger charge is -2.25. The van der Waals surface area contributed by atoms with Crippen LogP contribution in [-0.4, -0.2) is 46.2 Å². The van der Waals surface area contributed by atoms with Gasteiger partial charge in [-0.15, -0.1) is 0 Å². The van der Waals surface area contributed by atoms with E-state index < -0.39 is 36.9 Å². The van der Waals surface area contributed by atoms with E-state index in [2.05, 4.69) is 4.98 Å². The maximum absolute atomic E-state index is 13.0. The van der Waals surface area contributed by atoms with E-state index in [1.165, 1.54) is 0 Å². The molecule has 9 heteroatoms. The molecule has 1 aliphatic heterocycles. The summed E-state index contributed by atoms with van der Waals surface area (Å²) >= 11 is 0. The van der Waals surface area contributed by atoms with Gasteiger partial charge in [0.25, 0.3) is 0 Å². The zero-order valence-electron chi connectivity index (χ0n) is 17.7. The molecule has 0 saturated carbocycles. The van der Waals surface area contributed by atoms with Crippen LogP contribution in [-0.2, 0) is 35.4 Å². The molecule has 2 aromatic rings. The minimum atomic E-state index is -4.58. The Bertz CT molecular complexity index is 978. The van der Waals surface area contributed by atoms with Gasteiger partial charge in [-0.3, -0.25) is 14.6 Å². The van der Waals surface area contributed by atoms with E-state index in [0.717, 1.165) is 17.8 Å². The average Bonchev–Trinajstić information content (AvgIpc) is 2.83. The van der Waals surface area contributed by atoms with Crippen molar-refractivity contribution >= 4 is 11.9 Å². The minimum Gasteiger partial charge on any atom is -0.493 e. The molecule has 0 bridgehead atoms. The van der Waals surface area contributed by atoms with Crippen LogP contribution < -0.4 is 4.74 Å². The minimum absolute atomic E-state index is 0.0723. The zero-order valence-corrected chi connectivity index (χ0v) is 17.7. The number of alkyl halides is 3. The van der Waals surface area contributed by atoms with Crippen LogP contribution in [0.25, 0.3) is 0 Å². The van der Waals surface area contributed by atoms with Crippen LogP contribution in [0.4, 0.5) is 13.2 Å². The number of ether oxygens (including phenoxy) is 1. The number of benzene rings is 1. The number of carboxylic acid groups (broad SMARTS) is 1. The molecule has 1 aromatic heterocycles. The van der Waals surface area contributed by atoms with E-state index in [1.807, 2.05) is 25.1 Å². The SMILES string of the molecule is CCc1cccc(CCOc2ccc3c(c2)CN(CC(F)(F)F)C(=O)[C@H](CC(=O)O)C3)n1. The molecule has 6 nitrogen and oxygen atoms in total. The molecule has 1 atom stereocenters. The zero-order chi connectivity index (χ0) is 23.3. The highest BCUT2D eigenvalue weighted by Crippen LogP contribution is 2.30. The second-order valence-corrected chi connectivity index (χ2v) is 7.81. The summed E-state index contributed by atoms with van der Waals surface area (Å²) < 4.78 is 44.9. The number of aliphatic carboxylic acids is 1. The largest absolute Gasteiger partial charge is 0.493 e. The monoisotopic (exact) mass is 450 g/mol. The lowest BCUT2D eigenvalue weighted by molar-refractivity contribution is -0.165. The Morgan fingerprint density at radius 3 is 2.66 bits per heavy atom. The van der Waals surface area contributed by atoms with Crippen molar-refractivity contribution in [2.24, 2.45) is 5.92 Å². The van der Waals surface area contributed by atoms with Gasteiger partial charge in [0.05, 0.1) is 18.9 Å². The van der Waals surface area contributed by atoms with Crippen LogP contribution in [0.1, 0.15) is 35.9 Å². The van der Waals surface area contributed by atoms with Crippen molar-refractivity contribution in [2.45, 2.75) is 45.3 Å². The Kier molecular flexibility index (Phi) is 7.37. The molecule has 0 saturated heterocycles. The number of aryl methyl sites for hydroxylation is 1. The molecule has 3 rings (SSSR count). The van der Waals surface area contributed by atoms with Crippen molar-refractivity contribution in [3.8, 4) is 5.75 Å². The van der Waals surface area contributed by atoms with Crippen molar-refractivity contribution < 1.29 is 32.6 Å². The first-order chi connectivity index (χ1) is 15.1. The molecule has 172 valence electrons. The van der Waals surface area contributed by atoms with Gasteiger partial charge in [-0.1, -0.05) is 19.1 Å². The van der Waals surface area contributed by atoms with Gasteiger partial charge >= 0.3 is 12.1 Å². The lowest BCUT2D eigenvalue weighted by Crippen LogP contribution is -2.41. The van der Waals surface area contributed by atoms with Gasteiger partial charge in [0.15, 0.2) is 0 Å². The van der Waals surface area contributed by atoms with Crippen molar-refractivity contribution in [2.75, 3.05) is 13.2 Å². The van der Waals surface area contributed by atoms with Gasteiger partial charge in [0, 0.05) is 24.4 Å². The number of carboxylic acids is 1. The van der Waals surface area contributed by atoms with Crippen LogP contribution in [0.3, 0.4) is 0 Å². The van der Waals surface area contributed by atoms with Gasteiger partial charge in [-0.05, 0) is 48.2 Å². The number of hydrogen-bond donors (Lipinski definition) is 1. The molecule has 1 N–H and O–H groups in total. The number of nitrogens with zero attached hydrogens (tertiary/aromatic N) is 2. The highest BCUT2D eigenvalue weighted by molar-refractivity contribution is 5.84. The molecule has 1 aliphatic rings. The van der Waals surface area contributed by atoms with Crippen LogP contribution >= 0.6 is 0 Å². The third kappa shape index (κ3) is 6.45. The van der Waals surface area contributed by atoms with Crippen molar-refractivity contribution in [1.29, 1.82) is 0 Å². The lowest BCUT2D eigenvalue weighted by atomic mass is 9.94. The first-order valence-electron chi connectivity index (χ1n) is 10.4. The van der Waals surface area contributed by atoms with E-state index >= 15 is 0 Å². The number of hydrogen-bond acceptors (Lipinski definition) is 4. The number of halogens is 3. The van der Waals surface area contributed by atoms with Crippen molar-refractivity contribution in [3.63, 3.8) is 0 Å². The van der Waals surface area contributed by atoms with Gasteiger partial charge in [-0.2, -0.15) is 13.2 Å².